The molecule has 0 aliphatic rings. The molecule has 0 bridgehead atoms. The third kappa shape index (κ3) is 686. The Hall–Kier alpha value is -1.10. The van der Waals surface area contributed by atoms with Crippen LogP contribution in [0.2, 0.25) is 0 Å². The summed E-state index contributed by atoms with van der Waals surface area (Å²) < 4.78 is 4.69. The van der Waals surface area contributed by atoms with Crippen molar-refractivity contribution < 1.29 is 24.5 Å². The van der Waals surface area contributed by atoms with Crippen molar-refractivity contribution in [2.24, 2.45) is 0 Å². The summed E-state index contributed by atoms with van der Waals surface area (Å²) >= 11 is 0. The minimum atomic E-state index is -0.250. The molecule has 0 heterocycles. The minimum Gasteiger partial charge on any atom is -0.483 e. The number of hydrogen-bond donors (Lipinski definition) is 2. The van der Waals surface area contributed by atoms with Gasteiger partial charge < -0.3 is 14.9 Å². The molecule has 76 valence electrons. The lowest BCUT2D eigenvalue weighted by molar-refractivity contribution is -0.123. The molecule has 0 saturated carbocycles. The number of methoxy groups -OCH3 is 1. The fraction of sp³-hybridized carbons (Fsp3) is 0.714. The Morgan fingerprint density at radius 2 is 1.50 bits per heavy atom. The summed E-state index contributed by atoms with van der Waals surface area (Å²) in [6.07, 6.45) is 1.12. The van der Waals surface area contributed by atoms with Crippen LogP contribution >= 0.6 is 0 Å². The average molecular weight is 182 g/mol. The van der Waals surface area contributed by atoms with E-state index in [4.69, 9.17) is 24.5 Å². The number of ether oxygens (including phenoxy) is 1. The van der Waals surface area contributed by atoms with Crippen LogP contribution in [0.25, 0.3) is 0 Å². The molecule has 12 heavy (non-hydrogen) atoms. The molecule has 0 amide bonds. The Balaban J connectivity index is -0.0000000406. The van der Waals surface area contributed by atoms with Crippen LogP contribution in [0.1, 0.15) is 20.8 Å². The van der Waals surface area contributed by atoms with Gasteiger partial charge in [0.05, 0.1) is 0 Å². The maximum absolute atomic E-state index is 8.36. The number of carboxylic acid groups (broad SMARTS) is 2. The largest absolute Gasteiger partial charge is 0.483 e. The van der Waals surface area contributed by atoms with Crippen LogP contribution in [-0.2, 0) is 14.3 Å². The van der Waals surface area contributed by atoms with Gasteiger partial charge in [0, 0.05) is 13.7 Å². The van der Waals surface area contributed by atoms with E-state index in [1.54, 1.807) is 7.11 Å². The summed E-state index contributed by atoms with van der Waals surface area (Å²) in [7, 11) is 1.71. The molecule has 5 nitrogen and oxygen atoms in total. The molecular formula is C7H18O5. The Bertz CT molecular complexity index is 56.8. The lowest BCUT2D eigenvalue weighted by Gasteiger charge is -1.84. The zero-order chi connectivity index (χ0) is 9.54. The first-order valence-corrected chi connectivity index (χ1v) is 2.89. The monoisotopic (exact) mass is 182 g/mol. The standard InChI is InChI=1S/C4H10O.2CH2O2.CH4/c1-3-4-5-2;2*2-1-3;/h3-4H2,1-2H3;2*1H,(H,2,3);1H4. The van der Waals surface area contributed by atoms with E-state index >= 15 is 0 Å². The minimum absolute atomic E-state index is 0. The fourth-order valence-electron chi connectivity index (χ4n) is 0.204. The maximum atomic E-state index is 8.36. The SMILES string of the molecule is C.CCCOC.O=CO.O=CO. The van der Waals surface area contributed by atoms with Crippen LogP contribution in [0.4, 0.5) is 0 Å². The zero-order valence-electron chi connectivity index (χ0n) is 6.69. The van der Waals surface area contributed by atoms with Crippen molar-refractivity contribution in [1.82, 2.24) is 0 Å². The fourth-order valence-corrected chi connectivity index (χ4v) is 0.204. The van der Waals surface area contributed by atoms with Crippen LogP contribution < -0.4 is 0 Å². The number of rotatable bonds is 2. The number of carbonyl (C=O) groups is 2. The quantitative estimate of drug-likeness (QED) is 0.624. The van der Waals surface area contributed by atoms with Gasteiger partial charge in [-0.15, -0.1) is 0 Å². The summed E-state index contributed by atoms with van der Waals surface area (Å²) in [6, 6.07) is 0. The van der Waals surface area contributed by atoms with Crippen LogP contribution in [0, 0.1) is 0 Å². The maximum Gasteiger partial charge on any atom is 0.290 e. The Kier molecular flexibility index (Phi) is 96.4. The second-order valence-electron chi connectivity index (χ2n) is 1.20. The molecule has 0 atom stereocenters. The van der Waals surface area contributed by atoms with Gasteiger partial charge in [0.15, 0.2) is 0 Å². The van der Waals surface area contributed by atoms with Crippen molar-refractivity contribution in [1.29, 1.82) is 0 Å². The van der Waals surface area contributed by atoms with Gasteiger partial charge in [0.25, 0.3) is 12.9 Å². The van der Waals surface area contributed by atoms with E-state index in [0.29, 0.717) is 0 Å². The van der Waals surface area contributed by atoms with E-state index in [0.717, 1.165) is 13.0 Å². The molecule has 0 aliphatic carbocycles. The van der Waals surface area contributed by atoms with Crippen molar-refractivity contribution in [2.45, 2.75) is 20.8 Å². The average Bonchev–Trinajstić information content (AvgIpc) is 1.92. The van der Waals surface area contributed by atoms with E-state index in [1.807, 2.05) is 0 Å². The van der Waals surface area contributed by atoms with Gasteiger partial charge in [0.2, 0.25) is 0 Å². The third-order valence-corrected chi connectivity index (χ3v) is 0.408. The van der Waals surface area contributed by atoms with Gasteiger partial charge in [-0.05, 0) is 6.42 Å². The molecule has 0 radical (unpaired) electrons. The predicted octanol–water partition coefficient (Wildman–Crippen LogP) is 1.08. The molecule has 0 saturated heterocycles. The Morgan fingerprint density at radius 3 is 1.50 bits per heavy atom. The van der Waals surface area contributed by atoms with Crippen LogP contribution in [-0.4, -0.2) is 36.9 Å². The smallest absolute Gasteiger partial charge is 0.290 e. The Labute approximate surface area is 73.0 Å². The molecule has 0 aromatic heterocycles. The van der Waals surface area contributed by atoms with E-state index in [-0.39, 0.29) is 20.4 Å². The molecule has 0 aliphatic heterocycles. The molecule has 5 heteroatoms. The lowest BCUT2D eigenvalue weighted by atomic mass is 10.5. The highest BCUT2D eigenvalue weighted by atomic mass is 16.5. The summed E-state index contributed by atoms with van der Waals surface area (Å²) in [4.78, 5) is 16.7. The molecule has 0 rings (SSSR count). The zero-order valence-corrected chi connectivity index (χ0v) is 6.69. The molecule has 0 aromatic rings. The van der Waals surface area contributed by atoms with Crippen molar-refractivity contribution in [3.8, 4) is 0 Å². The van der Waals surface area contributed by atoms with Crippen molar-refractivity contribution in [3.05, 3.63) is 0 Å². The van der Waals surface area contributed by atoms with E-state index in [2.05, 4.69) is 6.92 Å². The van der Waals surface area contributed by atoms with Crippen LogP contribution in [0.15, 0.2) is 0 Å². The summed E-state index contributed by atoms with van der Waals surface area (Å²) in [6.45, 7) is 2.48. The van der Waals surface area contributed by atoms with Crippen molar-refractivity contribution in [2.75, 3.05) is 13.7 Å². The van der Waals surface area contributed by atoms with Gasteiger partial charge in [-0.2, -0.15) is 0 Å². The second kappa shape index (κ2) is 51.6. The molecule has 0 spiro atoms. The molecule has 0 aromatic carbocycles. The topological polar surface area (TPSA) is 83.8 Å². The third-order valence-electron chi connectivity index (χ3n) is 0.408. The lowest BCUT2D eigenvalue weighted by Crippen LogP contribution is -1.80. The molecule has 2 N–H and O–H groups in total. The van der Waals surface area contributed by atoms with Crippen molar-refractivity contribution in [3.63, 3.8) is 0 Å². The van der Waals surface area contributed by atoms with Gasteiger partial charge in [0.1, 0.15) is 0 Å². The van der Waals surface area contributed by atoms with E-state index in [1.165, 1.54) is 0 Å². The first-order chi connectivity index (χ1) is 5.24. The molecular weight excluding hydrogens is 164 g/mol. The second-order valence-corrected chi connectivity index (χ2v) is 1.20. The summed E-state index contributed by atoms with van der Waals surface area (Å²) in [5.41, 5.74) is 0. The van der Waals surface area contributed by atoms with E-state index < -0.39 is 0 Å². The van der Waals surface area contributed by atoms with Gasteiger partial charge in [-0.1, -0.05) is 14.4 Å². The van der Waals surface area contributed by atoms with Crippen LogP contribution in [0.3, 0.4) is 0 Å². The first kappa shape index (κ1) is 22.4. The van der Waals surface area contributed by atoms with Gasteiger partial charge >= 0.3 is 0 Å². The number of hydrogen-bond acceptors (Lipinski definition) is 3. The van der Waals surface area contributed by atoms with Gasteiger partial charge in [-0.3, -0.25) is 9.59 Å². The highest BCUT2D eigenvalue weighted by Gasteiger charge is 1.66. The highest BCUT2D eigenvalue weighted by Crippen LogP contribution is 1.70. The molecule has 0 unspecified atom stereocenters. The Morgan fingerprint density at radius 1 is 1.25 bits per heavy atom. The van der Waals surface area contributed by atoms with Crippen LogP contribution in [0.5, 0.6) is 0 Å². The normalized spacial score (nSPS) is 5.50. The molecule has 0 fully saturated rings. The van der Waals surface area contributed by atoms with Crippen molar-refractivity contribution >= 4 is 12.9 Å². The van der Waals surface area contributed by atoms with E-state index in [9.17, 15) is 0 Å². The summed E-state index contributed by atoms with van der Waals surface area (Å²) in [5, 5.41) is 13.8. The predicted molar refractivity (Wildman–Crippen MR) is 46.3 cm³/mol. The van der Waals surface area contributed by atoms with Gasteiger partial charge in [-0.25, -0.2) is 0 Å². The summed E-state index contributed by atoms with van der Waals surface area (Å²) in [5.74, 6) is 0. The highest BCUT2D eigenvalue weighted by molar-refractivity contribution is 5.32. The first-order valence-electron chi connectivity index (χ1n) is 2.89.